The number of hydrogen-bond donors (Lipinski definition) is 1. The molecule has 37 heavy (non-hydrogen) atoms. The van der Waals surface area contributed by atoms with E-state index in [0.29, 0.717) is 18.0 Å². The fourth-order valence-electron chi connectivity index (χ4n) is 3.55. The first-order chi connectivity index (χ1) is 17.4. The van der Waals surface area contributed by atoms with E-state index in [4.69, 9.17) is 14.2 Å². The van der Waals surface area contributed by atoms with Crippen molar-refractivity contribution in [3.8, 4) is 17.2 Å². The Morgan fingerprint density at radius 2 is 1.51 bits per heavy atom. The van der Waals surface area contributed by atoms with E-state index in [1.807, 2.05) is 13.8 Å². The molecular weight excluding hydrogens is 498 g/mol. The molecule has 10 nitrogen and oxygen atoms in total. The van der Waals surface area contributed by atoms with Crippen LogP contribution in [0.1, 0.15) is 26.3 Å². The number of nitrogens with one attached hydrogen (secondary N) is 1. The van der Waals surface area contributed by atoms with Crippen molar-refractivity contribution in [1.29, 1.82) is 0 Å². The second-order valence-electron chi connectivity index (χ2n) is 8.99. The normalized spacial score (nSPS) is 12.0. The summed E-state index contributed by atoms with van der Waals surface area (Å²) in [5, 5.41) is 2.85. The van der Waals surface area contributed by atoms with E-state index in [0.717, 1.165) is 16.1 Å². The molecule has 204 valence electrons. The number of anilines is 1. The van der Waals surface area contributed by atoms with E-state index in [2.05, 4.69) is 5.32 Å². The van der Waals surface area contributed by atoms with Crippen LogP contribution in [0.25, 0.3) is 0 Å². The van der Waals surface area contributed by atoms with Crippen LogP contribution < -0.4 is 23.8 Å². The number of ether oxygens (including phenoxy) is 3. The maximum atomic E-state index is 13.7. The predicted molar refractivity (Wildman–Crippen MR) is 143 cm³/mol. The van der Waals surface area contributed by atoms with E-state index in [1.165, 1.54) is 25.2 Å². The molecule has 0 unspecified atom stereocenters. The summed E-state index contributed by atoms with van der Waals surface area (Å²) in [4.78, 5) is 28.0. The van der Waals surface area contributed by atoms with Crippen LogP contribution >= 0.6 is 0 Å². The highest BCUT2D eigenvalue weighted by Crippen LogP contribution is 2.34. The van der Waals surface area contributed by atoms with Gasteiger partial charge in [0.15, 0.2) is 0 Å². The minimum absolute atomic E-state index is 0.0892. The SMILES string of the molecule is COc1ccc(CN(C(=O)CN(c2cc(OC)ccc2OC)S(C)(=O)=O)[C@@H](C)C(=O)NCC(C)C)cc1. The van der Waals surface area contributed by atoms with Gasteiger partial charge in [0.1, 0.15) is 29.8 Å². The fourth-order valence-corrected chi connectivity index (χ4v) is 4.39. The third kappa shape index (κ3) is 8.28. The van der Waals surface area contributed by atoms with Crippen molar-refractivity contribution in [2.45, 2.75) is 33.4 Å². The highest BCUT2D eigenvalue weighted by atomic mass is 32.2. The Bertz CT molecular complexity index is 1170. The summed E-state index contributed by atoms with van der Waals surface area (Å²) in [6, 6.07) is 10.9. The summed E-state index contributed by atoms with van der Waals surface area (Å²) in [5.74, 6) is 0.636. The van der Waals surface area contributed by atoms with Gasteiger partial charge in [0, 0.05) is 19.2 Å². The third-order valence-corrected chi connectivity index (χ3v) is 6.82. The van der Waals surface area contributed by atoms with Gasteiger partial charge in [0.05, 0.1) is 33.3 Å². The summed E-state index contributed by atoms with van der Waals surface area (Å²) in [7, 11) is 0.495. The molecular formula is C26H37N3O7S. The standard InChI is InChI=1S/C26H37N3O7S/c1-18(2)15-27-26(31)19(3)28(16-20-8-10-21(34-4)11-9-20)25(30)17-29(37(7,32)33)23-14-22(35-5)12-13-24(23)36-6/h8-14,18-19H,15-17H2,1-7H3,(H,27,31)/t19-/m0/s1. The molecule has 0 heterocycles. The van der Waals surface area contributed by atoms with Crippen molar-refractivity contribution in [3.05, 3.63) is 48.0 Å². The second kappa shape index (κ2) is 13.2. The number of methoxy groups -OCH3 is 3. The Hall–Kier alpha value is -3.47. The third-order valence-electron chi connectivity index (χ3n) is 5.70. The first kappa shape index (κ1) is 29.8. The first-order valence-electron chi connectivity index (χ1n) is 11.8. The maximum absolute atomic E-state index is 13.7. The number of carbonyl (C=O) groups is 2. The molecule has 11 heteroatoms. The van der Waals surface area contributed by atoms with Gasteiger partial charge in [-0.15, -0.1) is 0 Å². The van der Waals surface area contributed by atoms with Gasteiger partial charge in [-0.05, 0) is 42.7 Å². The zero-order valence-corrected chi connectivity index (χ0v) is 23.3. The van der Waals surface area contributed by atoms with E-state index < -0.39 is 28.5 Å². The van der Waals surface area contributed by atoms with Gasteiger partial charge in [-0.1, -0.05) is 26.0 Å². The molecule has 0 aliphatic heterocycles. The molecule has 1 atom stereocenters. The molecule has 0 fully saturated rings. The van der Waals surface area contributed by atoms with Crippen molar-refractivity contribution in [1.82, 2.24) is 10.2 Å². The lowest BCUT2D eigenvalue weighted by Crippen LogP contribution is -2.51. The Kier molecular flexibility index (Phi) is 10.6. The summed E-state index contributed by atoms with van der Waals surface area (Å²) in [6.45, 7) is 5.55. The van der Waals surface area contributed by atoms with E-state index in [9.17, 15) is 18.0 Å². The number of hydrogen-bond acceptors (Lipinski definition) is 7. The lowest BCUT2D eigenvalue weighted by Gasteiger charge is -2.32. The molecule has 2 aromatic rings. The Morgan fingerprint density at radius 1 is 0.919 bits per heavy atom. The predicted octanol–water partition coefficient (Wildman–Crippen LogP) is 2.67. The van der Waals surface area contributed by atoms with Crippen LogP contribution in [0, 0.1) is 5.92 Å². The number of amides is 2. The van der Waals surface area contributed by atoms with Crippen LogP contribution in [0.5, 0.6) is 17.2 Å². The molecule has 0 saturated carbocycles. The molecule has 0 aromatic heterocycles. The number of carbonyl (C=O) groups excluding carboxylic acids is 2. The smallest absolute Gasteiger partial charge is 0.244 e. The summed E-state index contributed by atoms with van der Waals surface area (Å²) in [5.41, 5.74) is 0.904. The number of benzene rings is 2. The van der Waals surface area contributed by atoms with Gasteiger partial charge in [-0.3, -0.25) is 13.9 Å². The van der Waals surface area contributed by atoms with Crippen LogP contribution in [-0.4, -0.2) is 71.8 Å². The monoisotopic (exact) mass is 535 g/mol. The van der Waals surface area contributed by atoms with Crippen molar-refractivity contribution in [3.63, 3.8) is 0 Å². The average Bonchev–Trinajstić information content (AvgIpc) is 2.87. The van der Waals surface area contributed by atoms with Gasteiger partial charge in [0.2, 0.25) is 21.8 Å². The minimum atomic E-state index is -3.92. The zero-order chi connectivity index (χ0) is 27.8. The summed E-state index contributed by atoms with van der Waals surface area (Å²) in [6.07, 6.45) is 1.01. The Labute approximate surface area is 219 Å². The van der Waals surface area contributed by atoms with Gasteiger partial charge in [0.25, 0.3) is 0 Å². The molecule has 0 aliphatic carbocycles. The molecule has 2 rings (SSSR count). The topological polar surface area (TPSA) is 114 Å². The quantitative estimate of drug-likeness (QED) is 0.419. The molecule has 2 amide bonds. The molecule has 0 bridgehead atoms. The molecule has 1 N–H and O–H groups in total. The lowest BCUT2D eigenvalue weighted by atomic mass is 10.1. The zero-order valence-electron chi connectivity index (χ0n) is 22.5. The lowest BCUT2D eigenvalue weighted by molar-refractivity contribution is -0.139. The number of nitrogens with zero attached hydrogens (tertiary/aromatic N) is 2. The van der Waals surface area contributed by atoms with E-state index in [-0.39, 0.29) is 29.8 Å². The highest BCUT2D eigenvalue weighted by Gasteiger charge is 2.31. The van der Waals surface area contributed by atoms with Crippen molar-refractivity contribution >= 4 is 27.5 Å². The molecule has 0 aliphatic rings. The molecule has 0 radical (unpaired) electrons. The van der Waals surface area contributed by atoms with Gasteiger partial charge in [-0.25, -0.2) is 8.42 Å². The molecule has 2 aromatic carbocycles. The van der Waals surface area contributed by atoms with Crippen LogP contribution in [0.3, 0.4) is 0 Å². The fraction of sp³-hybridized carbons (Fsp3) is 0.462. The Morgan fingerprint density at radius 3 is 2.03 bits per heavy atom. The maximum Gasteiger partial charge on any atom is 0.244 e. The van der Waals surface area contributed by atoms with Crippen LogP contribution in [0.4, 0.5) is 5.69 Å². The first-order valence-corrected chi connectivity index (χ1v) is 13.7. The number of rotatable bonds is 13. The van der Waals surface area contributed by atoms with E-state index in [1.54, 1.807) is 50.4 Å². The van der Waals surface area contributed by atoms with Crippen molar-refractivity contribution in [2.75, 3.05) is 45.0 Å². The van der Waals surface area contributed by atoms with Gasteiger partial charge < -0.3 is 24.4 Å². The highest BCUT2D eigenvalue weighted by molar-refractivity contribution is 7.92. The van der Waals surface area contributed by atoms with Crippen molar-refractivity contribution in [2.24, 2.45) is 5.92 Å². The van der Waals surface area contributed by atoms with Gasteiger partial charge >= 0.3 is 0 Å². The van der Waals surface area contributed by atoms with Crippen LogP contribution in [0.2, 0.25) is 0 Å². The summed E-state index contributed by atoms with van der Waals surface area (Å²) < 4.78 is 42.4. The van der Waals surface area contributed by atoms with Crippen molar-refractivity contribution < 1.29 is 32.2 Å². The summed E-state index contributed by atoms with van der Waals surface area (Å²) >= 11 is 0. The number of sulfonamides is 1. The molecule has 0 spiro atoms. The van der Waals surface area contributed by atoms with E-state index >= 15 is 0 Å². The Balaban J connectivity index is 2.45. The largest absolute Gasteiger partial charge is 0.497 e. The molecule has 0 saturated heterocycles. The second-order valence-corrected chi connectivity index (χ2v) is 10.9. The average molecular weight is 536 g/mol. The van der Waals surface area contributed by atoms with Crippen LogP contribution in [0.15, 0.2) is 42.5 Å². The van der Waals surface area contributed by atoms with Crippen LogP contribution in [-0.2, 0) is 26.2 Å². The van der Waals surface area contributed by atoms with Gasteiger partial charge in [-0.2, -0.15) is 0 Å². The minimum Gasteiger partial charge on any atom is -0.497 e.